The Morgan fingerprint density at radius 2 is 2.25 bits per heavy atom. The molecule has 0 bridgehead atoms. The van der Waals surface area contributed by atoms with Crippen molar-refractivity contribution in [3.8, 4) is 5.75 Å². The molecule has 5 nitrogen and oxygen atoms in total. The third-order valence-corrected chi connectivity index (χ3v) is 2.88. The van der Waals surface area contributed by atoms with E-state index in [0.29, 0.717) is 0 Å². The molecule has 0 atom stereocenters. The van der Waals surface area contributed by atoms with Crippen molar-refractivity contribution in [3.63, 3.8) is 0 Å². The van der Waals surface area contributed by atoms with Gasteiger partial charge in [-0.25, -0.2) is 13.6 Å². The summed E-state index contributed by atoms with van der Waals surface area (Å²) in [6.45, 7) is -2.42. The molecular weight excluding hydrogens is 230 g/mol. The Hall–Kier alpha value is -1.40. The number of primary sulfonamides is 1. The number of carbonyl (C=O) groups excluding carboxylic acids is 1. The highest BCUT2D eigenvalue weighted by molar-refractivity contribution is 7.89. The van der Waals surface area contributed by atoms with Crippen LogP contribution in [0.25, 0.3) is 0 Å². The Morgan fingerprint density at radius 3 is 2.75 bits per heavy atom. The van der Waals surface area contributed by atoms with Crippen LogP contribution in [0.2, 0.25) is 0 Å². The number of ether oxygens (including phenoxy) is 1. The van der Waals surface area contributed by atoms with Gasteiger partial charge in [0.25, 0.3) is 0 Å². The second kappa shape index (κ2) is 4.63. The molecule has 6 heteroatoms. The summed E-state index contributed by atoms with van der Waals surface area (Å²) in [4.78, 5) is 11.3. The topological polar surface area (TPSA) is 86.5 Å². The number of ketones is 1. The number of hydrogen-bond acceptors (Lipinski definition) is 4. The van der Waals surface area contributed by atoms with E-state index < -0.39 is 29.1 Å². The largest absolute Gasteiger partial charge is 0.495 e. The monoisotopic (exact) mass is 246 g/mol. The number of methoxy groups -OCH3 is 1. The first-order chi connectivity index (χ1) is 8.54. The highest BCUT2D eigenvalue weighted by Gasteiger charge is 2.17. The van der Waals surface area contributed by atoms with Crippen LogP contribution in [-0.2, 0) is 10.0 Å². The van der Waals surface area contributed by atoms with Crippen LogP contribution in [0.15, 0.2) is 23.1 Å². The average Bonchev–Trinajstić information content (AvgIpc) is 2.24. The molecule has 0 radical (unpaired) electrons. The van der Waals surface area contributed by atoms with E-state index in [-0.39, 0.29) is 16.2 Å². The molecular formula is C10H13NO4S. The molecule has 0 amide bonds. The van der Waals surface area contributed by atoms with Gasteiger partial charge in [-0.05, 0) is 18.2 Å². The summed E-state index contributed by atoms with van der Waals surface area (Å²) in [5, 5.41) is 5.00. The fourth-order valence-corrected chi connectivity index (χ4v) is 1.90. The maximum atomic E-state index is 11.7. The lowest BCUT2D eigenvalue weighted by Crippen LogP contribution is -2.14. The van der Waals surface area contributed by atoms with Gasteiger partial charge >= 0.3 is 0 Å². The standard InChI is InChI=1S/C10H13NO4S/c1-3-8(12)7-4-5-9(15-2)10(6-7)16(11,13)14/h4-6H,3H2,1-2H3,(H2,11,13,14)/i1D3. The summed E-state index contributed by atoms with van der Waals surface area (Å²) in [6.07, 6.45) is -0.677. The molecule has 0 heterocycles. The predicted octanol–water partition coefficient (Wildman–Crippen LogP) is 0.935. The predicted molar refractivity (Wildman–Crippen MR) is 59.0 cm³/mol. The molecule has 0 aliphatic carbocycles. The van der Waals surface area contributed by atoms with E-state index >= 15 is 0 Å². The molecule has 0 saturated carbocycles. The van der Waals surface area contributed by atoms with Gasteiger partial charge in [0, 0.05) is 16.1 Å². The van der Waals surface area contributed by atoms with E-state index in [1.807, 2.05) is 0 Å². The van der Waals surface area contributed by atoms with Gasteiger partial charge in [0.1, 0.15) is 10.6 Å². The van der Waals surface area contributed by atoms with Crippen molar-refractivity contribution in [1.29, 1.82) is 0 Å². The van der Waals surface area contributed by atoms with Gasteiger partial charge in [0.05, 0.1) is 7.11 Å². The third-order valence-electron chi connectivity index (χ3n) is 1.95. The first-order valence-electron chi connectivity index (χ1n) is 5.78. The molecule has 16 heavy (non-hydrogen) atoms. The molecule has 1 rings (SSSR count). The average molecular weight is 246 g/mol. The highest BCUT2D eigenvalue weighted by atomic mass is 32.2. The summed E-state index contributed by atoms with van der Waals surface area (Å²) in [7, 11) is -2.81. The second-order valence-corrected chi connectivity index (χ2v) is 4.54. The zero-order valence-corrected chi connectivity index (χ0v) is 9.37. The minimum Gasteiger partial charge on any atom is -0.495 e. The van der Waals surface area contributed by atoms with Crippen molar-refractivity contribution in [2.75, 3.05) is 7.11 Å². The summed E-state index contributed by atoms with van der Waals surface area (Å²) in [5.41, 5.74) is -0.0408. The zero-order chi connectivity index (χ0) is 14.8. The molecule has 0 fully saturated rings. The smallest absolute Gasteiger partial charge is 0.241 e. The Balaban J connectivity index is 3.23. The Kier molecular flexibility index (Phi) is 2.52. The fraction of sp³-hybridized carbons (Fsp3) is 0.300. The number of rotatable bonds is 4. The van der Waals surface area contributed by atoms with Gasteiger partial charge < -0.3 is 4.74 Å². The summed E-state index contributed by atoms with van der Waals surface area (Å²) >= 11 is 0. The Bertz CT molecular complexity index is 595. The number of sulfonamides is 1. The van der Waals surface area contributed by atoms with Gasteiger partial charge in [-0.3, -0.25) is 4.79 Å². The van der Waals surface area contributed by atoms with Crippen molar-refractivity contribution in [2.24, 2.45) is 5.14 Å². The summed E-state index contributed by atoms with van der Waals surface area (Å²) in [6, 6.07) is 3.57. The van der Waals surface area contributed by atoms with Crippen molar-refractivity contribution < 1.29 is 22.1 Å². The van der Waals surface area contributed by atoms with Crippen molar-refractivity contribution in [1.82, 2.24) is 0 Å². The lowest BCUT2D eigenvalue weighted by Gasteiger charge is -2.07. The second-order valence-electron chi connectivity index (χ2n) is 3.01. The maximum Gasteiger partial charge on any atom is 0.241 e. The third kappa shape index (κ3) is 2.59. The molecule has 0 aliphatic rings. The van der Waals surface area contributed by atoms with E-state index in [4.69, 9.17) is 14.0 Å². The molecule has 88 valence electrons. The minimum absolute atomic E-state index is 0.00654. The van der Waals surface area contributed by atoms with Crippen LogP contribution in [0.1, 0.15) is 27.7 Å². The number of hydrogen-bond donors (Lipinski definition) is 1. The van der Waals surface area contributed by atoms with Gasteiger partial charge in [0.15, 0.2) is 5.78 Å². The first kappa shape index (κ1) is 8.72. The quantitative estimate of drug-likeness (QED) is 0.801. The molecule has 2 N–H and O–H groups in total. The summed E-state index contributed by atoms with van der Waals surface area (Å²) < 4.78 is 48.6. The molecule has 0 saturated heterocycles. The number of Topliss-reactive ketones (excluding diaryl/α,β-unsaturated/α-hetero) is 1. The van der Waals surface area contributed by atoms with Crippen LogP contribution in [-0.4, -0.2) is 21.3 Å². The molecule has 0 spiro atoms. The lowest BCUT2D eigenvalue weighted by molar-refractivity contribution is 0.0988. The molecule has 1 aromatic rings. The van der Waals surface area contributed by atoms with E-state index in [0.717, 1.165) is 6.07 Å². The van der Waals surface area contributed by atoms with E-state index in [1.54, 1.807) is 0 Å². The van der Waals surface area contributed by atoms with Gasteiger partial charge in [0.2, 0.25) is 10.0 Å². The maximum absolute atomic E-state index is 11.7. The van der Waals surface area contributed by atoms with E-state index in [2.05, 4.69) is 0 Å². The van der Waals surface area contributed by atoms with Crippen LogP contribution < -0.4 is 9.88 Å². The Labute approximate surface area is 98.5 Å². The Morgan fingerprint density at radius 1 is 1.56 bits per heavy atom. The number of carbonyl (C=O) groups is 1. The normalized spacial score (nSPS) is 14.8. The van der Waals surface area contributed by atoms with Crippen molar-refractivity contribution >= 4 is 15.8 Å². The fourth-order valence-electron chi connectivity index (χ4n) is 1.17. The summed E-state index contributed by atoms with van der Waals surface area (Å²) in [5.74, 6) is -0.694. The van der Waals surface area contributed by atoms with Gasteiger partial charge in [-0.15, -0.1) is 0 Å². The lowest BCUT2D eigenvalue weighted by atomic mass is 10.1. The zero-order valence-electron chi connectivity index (χ0n) is 11.6. The van der Waals surface area contributed by atoms with Gasteiger partial charge in [-0.1, -0.05) is 6.85 Å². The minimum atomic E-state index is -4.06. The SMILES string of the molecule is [2H]C([2H])([2H])CC(=O)c1ccc(OC)c(S(N)(=O)=O)c1. The van der Waals surface area contributed by atoms with Crippen LogP contribution in [0, 0.1) is 0 Å². The van der Waals surface area contributed by atoms with Crippen LogP contribution >= 0.6 is 0 Å². The van der Waals surface area contributed by atoms with Crippen molar-refractivity contribution in [3.05, 3.63) is 23.8 Å². The molecule has 0 aliphatic heterocycles. The van der Waals surface area contributed by atoms with E-state index in [9.17, 15) is 13.2 Å². The van der Waals surface area contributed by atoms with Gasteiger partial charge in [-0.2, -0.15) is 0 Å². The molecule has 0 unspecified atom stereocenters. The van der Waals surface area contributed by atoms with Crippen molar-refractivity contribution in [2.45, 2.75) is 18.2 Å². The molecule has 1 aromatic carbocycles. The molecule has 0 aromatic heterocycles. The number of nitrogens with two attached hydrogens (primary N) is 1. The number of benzene rings is 1. The van der Waals surface area contributed by atoms with Crippen LogP contribution in [0.4, 0.5) is 0 Å². The highest BCUT2D eigenvalue weighted by Crippen LogP contribution is 2.24. The van der Waals surface area contributed by atoms with Crippen LogP contribution in [0.3, 0.4) is 0 Å². The first-order valence-corrected chi connectivity index (χ1v) is 5.83. The van der Waals surface area contributed by atoms with E-state index in [1.165, 1.54) is 19.2 Å². The van der Waals surface area contributed by atoms with Crippen LogP contribution in [0.5, 0.6) is 5.75 Å².